The number of ether oxygens (including phenoxy) is 1. The highest BCUT2D eigenvalue weighted by Crippen LogP contribution is 2.47. The molecule has 0 amide bonds. The third-order valence-electron chi connectivity index (χ3n) is 10.3. The van der Waals surface area contributed by atoms with Crippen LogP contribution in [-0.2, 0) is 10.8 Å². The number of aromatic nitrogens is 2. The summed E-state index contributed by atoms with van der Waals surface area (Å²) in [5.41, 5.74) is 12.1. The van der Waals surface area contributed by atoms with E-state index in [0.29, 0.717) is 6.67 Å². The Morgan fingerprint density at radius 1 is 0.549 bits per heavy atom. The van der Waals surface area contributed by atoms with Crippen LogP contribution in [0.1, 0.15) is 63.8 Å². The van der Waals surface area contributed by atoms with Crippen LogP contribution < -0.4 is 14.5 Å². The smallest absolute Gasteiger partial charge is 0.137 e. The molecule has 0 atom stereocenters. The molecule has 5 heteroatoms. The van der Waals surface area contributed by atoms with Gasteiger partial charge in [0.25, 0.3) is 0 Å². The van der Waals surface area contributed by atoms with E-state index in [1.54, 1.807) is 0 Å². The molecule has 0 N–H and O–H groups in total. The predicted molar refractivity (Wildman–Crippen MR) is 214 cm³/mol. The lowest BCUT2D eigenvalue weighted by molar-refractivity contribution is 0.483. The van der Waals surface area contributed by atoms with Gasteiger partial charge in [-0.15, -0.1) is 0 Å². The Balaban J connectivity index is 1.17. The summed E-state index contributed by atoms with van der Waals surface area (Å²) in [7, 11) is 0. The van der Waals surface area contributed by atoms with E-state index >= 15 is 0 Å². The number of pyridine rings is 1. The average Bonchev–Trinajstić information content (AvgIpc) is 3.63. The number of aryl methyl sites for hydroxylation is 2. The molecule has 0 fully saturated rings. The lowest BCUT2D eigenvalue weighted by Crippen LogP contribution is -2.24. The molecular weight excluding hydrogens is 625 g/mol. The maximum Gasteiger partial charge on any atom is 0.137 e. The van der Waals surface area contributed by atoms with Gasteiger partial charge in [0.05, 0.1) is 22.4 Å². The number of hydrogen-bond acceptors (Lipinski definition) is 4. The van der Waals surface area contributed by atoms with Crippen LogP contribution in [0.2, 0.25) is 0 Å². The van der Waals surface area contributed by atoms with Gasteiger partial charge >= 0.3 is 0 Å². The van der Waals surface area contributed by atoms with E-state index in [4.69, 9.17) is 9.72 Å². The third kappa shape index (κ3) is 5.91. The average molecular weight is 671 g/mol. The lowest BCUT2D eigenvalue weighted by Gasteiger charge is -2.25. The molecule has 0 bridgehead atoms. The Labute approximate surface area is 301 Å². The molecule has 0 aliphatic carbocycles. The summed E-state index contributed by atoms with van der Waals surface area (Å²) in [6.45, 7) is 18.6. The van der Waals surface area contributed by atoms with E-state index in [1.807, 2.05) is 12.3 Å². The molecular formula is C46H46N4O. The van der Waals surface area contributed by atoms with Crippen molar-refractivity contribution in [1.82, 2.24) is 9.55 Å². The zero-order valence-corrected chi connectivity index (χ0v) is 31.0. The van der Waals surface area contributed by atoms with Crippen LogP contribution in [0.3, 0.4) is 0 Å². The first-order valence-corrected chi connectivity index (χ1v) is 17.9. The molecule has 1 aliphatic heterocycles. The molecule has 256 valence electrons. The fraction of sp³-hybridized carbons (Fsp3) is 0.239. The molecule has 0 unspecified atom stereocenters. The van der Waals surface area contributed by atoms with E-state index in [2.05, 4.69) is 179 Å². The Hall–Kier alpha value is -5.55. The van der Waals surface area contributed by atoms with Crippen molar-refractivity contribution >= 4 is 44.6 Å². The SMILES string of the molecule is Cc1cc2c(cc1C)N(c1cccc(C(C)(C)C)c1)CN2c1cccc(Oc2ccc3c4ccccc4n(-c4cc(C(C)(C)C)ccn4)c3c2)c1. The van der Waals surface area contributed by atoms with Crippen LogP contribution in [0, 0.1) is 13.8 Å². The number of rotatable bonds is 5. The van der Waals surface area contributed by atoms with Gasteiger partial charge in [0, 0.05) is 40.5 Å². The first-order chi connectivity index (χ1) is 24.3. The molecule has 8 rings (SSSR count). The molecule has 0 saturated carbocycles. The van der Waals surface area contributed by atoms with Gasteiger partial charge in [0.15, 0.2) is 0 Å². The van der Waals surface area contributed by atoms with Crippen LogP contribution in [0.4, 0.5) is 22.7 Å². The normalized spacial score (nSPS) is 13.3. The largest absolute Gasteiger partial charge is 0.457 e. The van der Waals surface area contributed by atoms with Gasteiger partial charge in [-0.1, -0.05) is 77.9 Å². The van der Waals surface area contributed by atoms with Crippen molar-refractivity contribution in [3.05, 3.63) is 144 Å². The van der Waals surface area contributed by atoms with Crippen molar-refractivity contribution in [3.8, 4) is 17.3 Å². The van der Waals surface area contributed by atoms with Gasteiger partial charge in [-0.2, -0.15) is 0 Å². The van der Waals surface area contributed by atoms with Crippen LogP contribution in [0.5, 0.6) is 11.5 Å². The number of anilines is 4. The molecule has 5 aromatic carbocycles. The zero-order chi connectivity index (χ0) is 35.7. The van der Waals surface area contributed by atoms with Crippen molar-refractivity contribution in [3.63, 3.8) is 0 Å². The molecule has 1 aliphatic rings. The van der Waals surface area contributed by atoms with Gasteiger partial charge in [-0.25, -0.2) is 4.98 Å². The third-order valence-corrected chi connectivity index (χ3v) is 10.3. The second kappa shape index (κ2) is 12.1. The Bertz CT molecular complexity index is 2440. The maximum absolute atomic E-state index is 6.67. The highest BCUT2D eigenvalue weighted by molar-refractivity contribution is 6.09. The first-order valence-electron chi connectivity index (χ1n) is 17.9. The number of benzene rings is 5. The minimum atomic E-state index is 0.0105. The predicted octanol–water partition coefficient (Wildman–Crippen LogP) is 12.4. The van der Waals surface area contributed by atoms with Gasteiger partial charge in [0.1, 0.15) is 24.0 Å². The molecule has 0 radical (unpaired) electrons. The maximum atomic E-state index is 6.67. The summed E-state index contributed by atoms with van der Waals surface area (Å²) >= 11 is 0. The molecule has 0 saturated heterocycles. The highest BCUT2D eigenvalue weighted by Gasteiger charge is 2.30. The highest BCUT2D eigenvalue weighted by atomic mass is 16.5. The Morgan fingerprint density at radius 2 is 1.16 bits per heavy atom. The molecule has 3 heterocycles. The summed E-state index contributed by atoms with van der Waals surface area (Å²) in [5, 5.41) is 2.37. The Morgan fingerprint density at radius 3 is 1.86 bits per heavy atom. The number of fused-ring (bicyclic) bond motifs is 4. The fourth-order valence-corrected chi connectivity index (χ4v) is 7.21. The second-order valence-corrected chi connectivity index (χ2v) is 16.0. The molecule has 51 heavy (non-hydrogen) atoms. The number of para-hydroxylation sites is 1. The molecule has 0 spiro atoms. The summed E-state index contributed by atoms with van der Waals surface area (Å²) in [4.78, 5) is 9.68. The van der Waals surface area contributed by atoms with Gasteiger partial charge in [-0.3, -0.25) is 4.57 Å². The van der Waals surface area contributed by atoms with Gasteiger partial charge in [-0.05, 0) is 114 Å². The minimum Gasteiger partial charge on any atom is -0.457 e. The van der Waals surface area contributed by atoms with Gasteiger partial charge < -0.3 is 14.5 Å². The second-order valence-electron chi connectivity index (χ2n) is 16.0. The number of nitrogens with zero attached hydrogens (tertiary/aromatic N) is 4. The van der Waals surface area contributed by atoms with Crippen LogP contribution in [0.15, 0.2) is 121 Å². The van der Waals surface area contributed by atoms with Crippen LogP contribution in [-0.4, -0.2) is 16.2 Å². The standard InChI is InChI=1S/C46H46N4O/c1-30-23-42-43(24-31(30)2)49(29-48(42)34-14-11-13-32(25-34)45(3,4)5)35-15-12-16-36(27-35)51-37-19-20-39-38-17-9-10-18-40(38)50(41(39)28-37)44-26-33(21-22-47-44)46(6,7)8/h9-28H,29H2,1-8H3. The van der Waals surface area contributed by atoms with E-state index in [1.165, 1.54) is 50.1 Å². The van der Waals surface area contributed by atoms with Crippen molar-refractivity contribution in [1.29, 1.82) is 0 Å². The quantitative estimate of drug-likeness (QED) is 0.182. The molecule has 5 nitrogen and oxygen atoms in total. The van der Waals surface area contributed by atoms with E-state index in [0.717, 1.165) is 34.0 Å². The van der Waals surface area contributed by atoms with Gasteiger partial charge in [0.2, 0.25) is 0 Å². The van der Waals surface area contributed by atoms with Crippen molar-refractivity contribution in [2.45, 2.75) is 66.2 Å². The topological polar surface area (TPSA) is 33.5 Å². The van der Waals surface area contributed by atoms with E-state index in [-0.39, 0.29) is 10.8 Å². The van der Waals surface area contributed by atoms with Crippen molar-refractivity contribution < 1.29 is 4.74 Å². The molecule has 7 aromatic rings. The monoisotopic (exact) mass is 670 g/mol. The summed E-state index contributed by atoms with van der Waals surface area (Å²) in [6.07, 6.45) is 1.92. The lowest BCUT2D eigenvalue weighted by atomic mass is 9.87. The van der Waals surface area contributed by atoms with Crippen LogP contribution >= 0.6 is 0 Å². The summed E-state index contributed by atoms with van der Waals surface area (Å²) in [5.74, 6) is 2.48. The van der Waals surface area contributed by atoms with Crippen LogP contribution in [0.25, 0.3) is 27.6 Å². The van der Waals surface area contributed by atoms with Crippen molar-refractivity contribution in [2.75, 3.05) is 16.5 Å². The van der Waals surface area contributed by atoms with Crippen molar-refractivity contribution in [2.24, 2.45) is 0 Å². The zero-order valence-electron chi connectivity index (χ0n) is 31.0. The molecule has 2 aromatic heterocycles. The summed E-state index contributed by atoms with van der Waals surface area (Å²) < 4.78 is 8.93. The fourth-order valence-electron chi connectivity index (χ4n) is 7.21. The Kier molecular flexibility index (Phi) is 7.71. The minimum absolute atomic E-state index is 0.0105. The first kappa shape index (κ1) is 32.6. The van der Waals surface area contributed by atoms with E-state index < -0.39 is 0 Å². The number of hydrogen-bond donors (Lipinski definition) is 0. The summed E-state index contributed by atoms with van der Waals surface area (Å²) in [6, 6.07) is 41.4. The van der Waals surface area contributed by atoms with E-state index in [9.17, 15) is 0 Å².